The van der Waals surface area contributed by atoms with E-state index in [1.807, 2.05) is 0 Å². The van der Waals surface area contributed by atoms with Crippen molar-refractivity contribution >= 4 is 5.91 Å². The molecule has 0 saturated heterocycles. The molecule has 4 heteroatoms. The number of nitrogens with one attached hydrogen (secondary N) is 1. The number of methoxy groups -OCH3 is 1. The predicted octanol–water partition coefficient (Wildman–Crippen LogP) is 0.334. The normalized spacial score (nSPS) is 13.9. The first-order chi connectivity index (χ1) is 5.81. The lowest BCUT2D eigenvalue weighted by molar-refractivity contribution is 0.0965. The van der Waals surface area contributed by atoms with Crippen molar-refractivity contribution in [3.05, 3.63) is 23.4 Å². The highest BCUT2D eigenvalue weighted by molar-refractivity contribution is 5.98. The van der Waals surface area contributed by atoms with Gasteiger partial charge in [0.15, 0.2) is 0 Å². The highest BCUT2D eigenvalue weighted by Gasteiger charge is 2.19. The summed E-state index contributed by atoms with van der Waals surface area (Å²) in [6.45, 7) is 0.576. The van der Waals surface area contributed by atoms with Crippen molar-refractivity contribution in [1.29, 1.82) is 0 Å². The van der Waals surface area contributed by atoms with Crippen LogP contribution in [0.5, 0.6) is 5.88 Å². The number of hydrogen-bond acceptors (Lipinski definition) is 3. The topological polar surface area (TPSA) is 51.2 Å². The van der Waals surface area contributed by atoms with E-state index in [9.17, 15) is 4.79 Å². The number of rotatable bonds is 1. The number of nitrogens with zero attached hydrogens (tertiary/aromatic N) is 1. The maximum Gasteiger partial charge on any atom is 0.253 e. The second kappa shape index (κ2) is 2.48. The molecule has 0 atom stereocenters. The van der Waals surface area contributed by atoms with Gasteiger partial charge in [-0.3, -0.25) is 4.79 Å². The second-order valence-corrected chi connectivity index (χ2v) is 2.57. The van der Waals surface area contributed by atoms with E-state index < -0.39 is 0 Å². The number of hydrogen-bond donors (Lipinski definition) is 1. The molecule has 1 N–H and O–H groups in total. The molecule has 0 aromatic carbocycles. The lowest BCUT2D eigenvalue weighted by atomic mass is 10.2. The fraction of sp³-hybridized carbons (Fsp3) is 0.250. The van der Waals surface area contributed by atoms with Crippen LogP contribution < -0.4 is 10.1 Å². The summed E-state index contributed by atoms with van der Waals surface area (Å²) >= 11 is 0. The van der Waals surface area contributed by atoms with Gasteiger partial charge in [-0.2, -0.15) is 0 Å². The average molecular weight is 164 g/mol. The van der Waals surface area contributed by atoms with Crippen molar-refractivity contribution in [2.75, 3.05) is 7.11 Å². The van der Waals surface area contributed by atoms with Crippen molar-refractivity contribution in [2.45, 2.75) is 6.54 Å². The minimum absolute atomic E-state index is 0.0554. The summed E-state index contributed by atoms with van der Waals surface area (Å²) in [5.74, 6) is 0.491. The van der Waals surface area contributed by atoms with E-state index in [0.717, 1.165) is 5.56 Å². The molecule has 1 amide bonds. The van der Waals surface area contributed by atoms with Gasteiger partial charge in [-0.1, -0.05) is 0 Å². The Morgan fingerprint density at radius 1 is 1.67 bits per heavy atom. The van der Waals surface area contributed by atoms with Crippen molar-refractivity contribution in [3.8, 4) is 5.88 Å². The highest BCUT2D eigenvalue weighted by Crippen LogP contribution is 2.18. The number of pyridine rings is 1. The molecule has 1 aromatic rings. The zero-order chi connectivity index (χ0) is 8.55. The van der Waals surface area contributed by atoms with E-state index in [1.54, 1.807) is 13.2 Å². The van der Waals surface area contributed by atoms with E-state index in [0.29, 0.717) is 18.0 Å². The van der Waals surface area contributed by atoms with Gasteiger partial charge < -0.3 is 10.1 Å². The molecule has 0 saturated carbocycles. The van der Waals surface area contributed by atoms with Crippen LogP contribution >= 0.6 is 0 Å². The van der Waals surface area contributed by atoms with Crippen LogP contribution in [0.3, 0.4) is 0 Å². The fourth-order valence-electron chi connectivity index (χ4n) is 1.21. The third kappa shape index (κ3) is 0.922. The molecule has 4 nitrogen and oxygen atoms in total. The van der Waals surface area contributed by atoms with E-state index in [-0.39, 0.29) is 5.91 Å². The quantitative estimate of drug-likeness (QED) is 0.650. The van der Waals surface area contributed by atoms with Gasteiger partial charge in [-0.15, -0.1) is 0 Å². The average Bonchev–Trinajstić information content (AvgIpc) is 2.47. The first-order valence-electron chi connectivity index (χ1n) is 3.62. The molecule has 62 valence electrons. The molecule has 0 radical (unpaired) electrons. The molecule has 2 rings (SSSR count). The molecule has 2 heterocycles. The van der Waals surface area contributed by atoms with Crippen molar-refractivity contribution in [1.82, 2.24) is 10.3 Å². The van der Waals surface area contributed by atoms with Crippen LogP contribution in [0.25, 0.3) is 0 Å². The van der Waals surface area contributed by atoms with Crippen molar-refractivity contribution < 1.29 is 9.53 Å². The SMILES string of the molecule is COc1cc2c(cn1)C(=O)NC2. The van der Waals surface area contributed by atoms with Crippen LogP contribution in [0.4, 0.5) is 0 Å². The van der Waals surface area contributed by atoms with Gasteiger partial charge in [0.05, 0.1) is 12.7 Å². The minimum Gasteiger partial charge on any atom is -0.481 e. The van der Waals surface area contributed by atoms with Crippen LogP contribution in [-0.4, -0.2) is 18.0 Å². The number of carbonyl (C=O) groups excluding carboxylic acids is 1. The molecule has 12 heavy (non-hydrogen) atoms. The molecule has 1 aliphatic heterocycles. The van der Waals surface area contributed by atoms with E-state index >= 15 is 0 Å². The molecule has 0 spiro atoms. The molecular formula is C8H8N2O2. The Kier molecular flexibility index (Phi) is 1.46. The highest BCUT2D eigenvalue weighted by atomic mass is 16.5. The van der Waals surface area contributed by atoms with Crippen LogP contribution in [0.1, 0.15) is 15.9 Å². The van der Waals surface area contributed by atoms with Gasteiger partial charge >= 0.3 is 0 Å². The molecule has 0 fully saturated rings. The summed E-state index contributed by atoms with van der Waals surface area (Å²) in [6.07, 6.45) is 1.54. The lowest BCUT2D eigenvalue weighted by Crippen LogP contribution is -2.12. The Morgan fingerprint density at radius 3 is 3.25 bits per heavy atom. The fourth-order valence-corrected chi connectivity index (χ4v) is 1.21. The number of aromatic nitrogens is 1. The Bertz CT molecular complexity index is 336. The van der Waals surface area contributed by atoms with Gasteiger partial charge in [0.1, 0.15) is 0 Å². The number of fused-ring (bicyclic) bond motifs is 1. The van der Waals surface area contributed by atoms with E-state index in [1.165, 1.54) is 6.20 Å². The van der Waals surface area contributed by atoms with Gasteiger partial charge in [0.2, 0.25) is 5.88 Å². The standard InChI is InChI=1S/C8H8N2O2/c1-12-7-2-5-3-10-8(11)6(5)4-9-7/h2,4H,3H2,1H3,(H,10,11). The summed E-state index contributed by atoms with van der Waals surface area (Å²) in [6, 6.07) is 1.77. The molecule has 0 unspecified atom stereocenters. The van der Waals surface area contributed by atoms with Crippen molar-refractivity contribution in [3.63, 3.8) is 0 Å². The Hall–Kier alpha value is -1.58. The molecular weight excluding hydrogens is 156 g/mol. The molecule has 1 aromatic heterocycles. The Morgan fingerprint density at radius 2 is 2.50 bits per heavy atom. The summed E-state index contributed by atoms with van der Waals surface area (Å²) < 4.78 is 4.92. The third-order valence-corrected chi connectivity index (χ3v) is 1.86. The summed E-state index contributed by atoms with van der Waals surface area (Å²) in [4.78, 5) is 15.0. The summed E-state index contributed by atoms with van der Waals surface area (Å²) in [7, 11) is 1.55. The summed E-state index contributed by atoms with van der Waals surface area (Å²) in [5.41, 5.74) is 1.60. The van der Waals surface area contributed by atoms with E-state index in [2.05, 4.69) is 10.3 Å². The van der Waals surface area contributed by atoms with Gasteiger partial charge in [0, 0.05) is 18.8 Å². The van der Waals surface area contributed by atoms with E-state index in [4.69, 9.17) is 4.74 Å². The Balaban J connectivity index is 2.48. The minimum atomic E-state index is -0.0554. The van der Waals surface area contributed by atoms with Crippen LogP contribution in [0.15, 0.2) is 12.3 Å². The number of ether oxygens (including phenoxy) is 1. The van der Waals surface area contributed by atoms with Gasteiger partial charge in [-0.05, 0) is 5.56 Å². The van der Waals surface area contributed by atoms with Gasteiger partial charge in [0.25, 0.3) is 5.91 Å². The van der Waals surface area contributed by atoms with Crippen LogP contribution in [0, 0.1) is 0 Å². The zero-order valence-corrected chi connectivity index (χ0v) is 6.63. The smallest absolute Gasteiger partial charge is 0.253 e. The monoisotopic (exact) mass is 164 g/mol. The first kappa shape index (κ1) is 7.09. The maximum absolute atomic E-state index is 11.1. The number of carbonyl (C=O) groups is 1. The molecule has 1 aliphatic rings. The third-order valence-electron chi connectivity index (χ3n) is 1.86. The zero-order valence-electron chi connectivity index (χ0n) is 6.63. The second-order valence-electron chi connectivity index (χ2n) is 2.57. The maximum atomic E-state index is 11.1. The Labute approximate surface area is 69.6 Å². The van der Waals surface area contributed by atoms with Gasteiger partial charge in [-0.25, -0.2) is 4.98 Å². The first-order valence-corrected chi connectivity index (χ1v) is 3.62. The lowest BCUT2D eigenvalue weighted by Gasteiger charge is -1.99. The molecule has 0 bridgehead atoms. The summed E-state index contributed by atoms with van der Waals surface area (Å²) in [5, 5.41) is 2.70. The number of amides is 1. The molecule has 0 aliphatic carbocycles. The van der Waals surface area contributed by atoms with Crippen LogP contribution in [0.2, 0.25) is 0 Å². The predicted molar refractivity (Wildman–Crippen MR) is 42.0 cm³/mol. The van der Waals surface area contributed by atoms with Crippen molar-refractivity contribution in [2.24, 2.45) is 0 Å². The largest absolute Gasteiger partial charge is 0.481 e. The van der Waals surface area contributed by atoms with Crippen LogP contribution in [-0.2, 0) is 6.54 Å².